The summed E-state index contributed by atoms with van der Waals surface area (Å²) in [5.74, 6) is 0.698. The fraction of sp³-hybridized carbons (Fsp3) is 0.553. The molecule has 5 aromatic rings. The van der Waals surface area contributed by atoms with Gasteiger partial charge in [-0.05, 0) is 99.8 Å². The van der Waals surface area contributed by atoms with Crippen molar-refractivity contribution < 1.29 is 37.1 Å². The maximum Gasteiger partial charge on any atom is 0.329 e. The second-order valence-corrected chi connectivity index (χ2v) is 17.4. The summed E-state index contributed by atoms with van der Waals surface area (Å²) in [7, 11) is 1.73. The van der Waals surface area contributed by atoms with Gasteiger partial charge >= 0.3 is 5.69 Å². The highest BCUT2D eigenvalue weighted by Crippen LogP contribution is 2.37. The molecule has 1 amide bonds. The number of ketones is 2. The first-order chi connectivity index (χ1) is 30.6. The number of imidazole rings is 1. The lowest BCUT2D eigenvalue weighted by molar-refractivity contribution is -0.132. The number of alkyl halides is 2. The Morgan fingerprint density at radius 3 is 2.44 bits per heavy atom. The first-order valence-corrected chi connectivity index (χ1v) is 22.6. The molecule has 1 atom stereocenters. The van der Waals surface area contributed by atoms with E-state index in [0.29, 0.717) is 57.2 Å². The number of para-hydroxylation sites is 1. The summed E-state index contributed by atoms with van der Waals surface area (Å²) in [5, 5.41) is 6.82. The van der Waals surface area contributed by atoms with Crippen molar-refractivity contribution in [3.8, 4) is 11.5 Å². The Morgan fingerprint density at radius 1 is 0.921 bits per heavy atom. The molecule has 3 aliphatic carbocycles. The van der Waals surface area contributed by atoms with Crippen LogP contribution >= 0.6 is 0 Å². The molecule has 63 heavy (non-hydrogen) atoms. The molecular formula is C47H57F2N7O7. The predicted octanol–water partition coefficient (Wildman–Crippen LogP) is 8.55. The van der Waals surface area contributed by atoms with Gasteiger partial charge in [0.05, 0.1) is 48.4 Å². The van der Waals surface area contributed by atoms with Gasteiger partial charge in [-0.25, -0.2) is 18.6 Å². The number of carbonyl (C=O) groups is 3. The summed E-state index contributed by atoms with van der Waals surface area (Å²) >= 11 is 0. The topological polar surface area (TPSA) is 165 Å². The number of nitrogens with one attached hydrogen (secondary N) is 1. The number of amides is 1. The first kappa shape index (κ1) is 44.3. The molecule has 3 fully saturated rings. The summed E-state index contributed by atoms with van der Waals surface area (Å²) in [6.07, 6.45) is 14.8. The van der Waals surface area contributed by atoms with Gasteiger partial charge < -0.3 is 19.2 Å². The van der Waals surface area contributed by atoms with Crippen molar-refractivity contribution in [3.05, 3.63) is 82.1 Å². The van der Waals surface area contributed by atoms with Crippen LogP contribution in [-0.4, -0.2) is 72.8 Å². The average Bonchev–Trinajstić information content (AvgIpc) is 3.68. The number of aryl methyl sites for hydroxylation is 3. The molecule has 0 bridgehead atoms. The van der Waals surface area contributed by atoms with Gasteiger partial charge in [0.25, 0.3) is 12.3 Å². The van der Waals surface area contributed by atoms with E-state index in [1.54, 1.807) is 33.1 Å². The molecule has 3 saturated carbocycles. The zero-order chi connectivity index (χ0) is 43.9. The number of pyridine rings is 1. The van der Waals surface area contributed by atoms with Crippen molar-refractivity contribution in [1.29, 1.82) is 0 Å². The Hall–Kier alpha value is -5.35. The van der Waals surface area contributed by atoms with E-state index >= 15 is 0 Å². The lowest BCUT2D eigenvalue weighted by Gasteiger charge is -2.28. The fourth-order valence-corrected chi connectivity index (χ4v) is 9.23. The van der Waals surface area contributed by atoms with Crippen molar-refractivity contribution in [2.24, 2.45) is 18.9 Å². The standard InChI is InChI=1S/C47H57F2N7O7/c1-54-43-32(7-4-9-40(43)56(47(54)60)39-19-18-36(57)27-41(39)58)8-5-23-62-25-24-61-22-3-2-6-30-13-16-35(17-14-30)55-28-37(42(53-55)44(48)49)51-45(59)38-29-63-46(52-38)33-20-21-50-34(26-33)15-12-31-10-11-31/h4,7,9,20-21,26,28-31,35,39,44H,2-3,5-6,8,10-19,22-25,27H2,1H3,(H,51,59). The lowest BCUT2D eigenvalue weighted by atomic mass is 9.83. The van der Waals surface area contributed by atoms with E-state index in [9.17, 15) is 28.0 Å². The minimum atomic E-state index is -2.85. The van der Waals surface area contributed by atoms with E-state index in [4.69, 9.17) is 13.9 Å². The first-order valence-electron chi connectivity index (χ1n) is 22.6. The number of hydrogen-bond donors (Lipinski definition) is 1. The normalized spacial score (nSPS) is 19.4. The van der Waals surface area contributed by atoms with Gasteiger partial charge in [-0.15, -0.1) is 0 Å². The molecule has 4 heterocycles. The molecule has 8 rings (SSSR count). The van der Waals surface area contributed by atoms with E-state index in [-0.39, 0.29) is 47.0 Å². The molecule has 336 valence electrons. The van der Waals surface area contributed by atoms with Gasteiger partial charge in [-0.3, -0.25) is 33.2 Å². The van der Waals surface area contributed by atoms with Gasteiger partial charge in [-0.2, -0.15) is 5.10 Å². The summed E-state index contributed by atoms with van der Waals surface area (Å²) < 4.78 is 50.2. The van der Waals surface area contributed by atoms with Crippen LogP contribution in [-0.2, 0) is 39.0 Å². The van der Waals surface area contributed by atoms with E-state index in [0.717, 1.165) is 92.4 Å². The van der Waals surface area contributed by atoms with Gasteiger partial charge in [0.1, 0.15) is 12.0 Å². The Labute approximate surface area is 364 Å². The van der Waals surface area contributed by atoms with Crippen molar-refractivity contribution in [2.45, 2.75) is 121 Å². The summed E-state index contributed by atoms with van der Waals surface area (Å²) in [6, 6.07) is 8.83. The summed E-state index contributed by atoms with van der Waals surface area (Å²) in [5.41, 5.74) is 3.47. The van der Waals surface area contributed by atoms with Crippen LogP contribution in [0.1, 0.15) is 136 Å². The number of halogens is 2. The average molecular weight is 870 g/mol. The molecule has 0 saturated heterocycles. The number of Topliss-reactive ketones (excluding diaryl/α,β-unsaturated/α-hetero) is 2. The number of benzene rings is 1. The van der Waals surface area contributed by atoms with E-state index in [2.05, 4.69) is 20.4 Å². The van der Waals surface area contributed by atoms with Crippen LogP contribution in [0.2, 0.25) is 0 Å². The quantitative estimate of drug-likeness (QED) is 0.0558. The zero-order valence-corrected chi connectivity index (χ0v) is 35.9. The predicted molar refractivity (Wildman–Crippen MR) is 231 cm³/mol. The van der Waals surface area contributed by atoms with Gasteiger partial charge in [0.15, 0.2) is 17.2 Å². The number of anilines is 1. The SMILES string of the molecule is Cn1c(=O)n(C2CCC(=O)CC2=O)c2cccc(CCCOCCOCCCCC3CCC(n4cc(NC(=O)c5coc(-c6ccnc(CCC7CC7)c6)n5)c(C(F)F)n4)CC3)c21. The molecule has 1 N–H and O–H groups in total. The van der Waals surface area contributed by atoms with Crippen LogP contribution < -0.4 is 11.0 Å². The van der Waals surface area contributed by atoms with Gasteiger partial charge in [0, 0.05) is 50.3 Å². The highest BCUT2D eigenvalue weighted by molar-refractivity contribution is 6.04. The Bertz CT molecular complexity index is 2440. The molecule has 3 aliphatic rings. The molecule has 14 nitrogen and oxygen atoms in total. The number of fused-ring (bicyclic) bond motifs is 1. The van der Waals surface area contributed by atoms with Crippen molar-refractivity contribution in [3.63, 3.8) is 0 Å². The van der Waals surface area contributed by atoms with Crippen LogP contribution in [0.15, 0.2) is 58.2 Å². The molecule has 0 spiro atoms. The Balaban J connectivity index is 0.707. The van der Waals surface area contributed by atoms with Crippen LogP contribution in [0.5, 0.6) is 0 Å². The monoisotopic (exact) mass is 869 g/mol. The van der Waals surface area contributed by atoms with Gasteiger partial charge in [-0.1, -0.05) is 37.8 Å². The summed E-state index contributed by atoms with van der Waals surface area (Å²) in [6.45, 7) is 2.21. The van der Waals surface area contributed by atoms with E-state index in [1.807, 2.05) is 24.3 Å². The minimum absolute atomic E-state index is 0.00780. The molecule has 0 aliphatic heterocycles. The fourth-order valence-electron chi connectivity index (χ4n) is 9.23. The highest BCUT2D eigenvalue weighted by Gasteiger charge is 2.32. The molecule has 0 radical (unpaired) electrons. The highest BCUT2D eigenvalue weighted by atomic mass is 19.3. The maximum absolute atomic E-state index is 14.1. The van der Waals surface area contributed by atoms with E-state index in [1.165, 1.54) is 25.3 Å². The number of carbonyl (C=O) groups excluding carboxylic acids is 3. The number of nitrogens with zero attached hydrogens (tertiary/aromatic N) is 6. The smallest absolute Gasteiger partial charge is 0.329 e. The minimum Gasteiger partial charge on any atom is -0.444 e. The number of ether oxygens (including phenoxy) is 2. The number of oxazole rings is 1. The number of aromatic nitrogens is 6. The number of unbranched alkanes of at least 4 members (excludes halogenated alkanes) is 1. The van der Waals surface area contributed by atoms with Crippen molar-refractivity contribution in [2.75, 3.05) is 31.7 Å². The number of rotatable bonds is 21. The third kappa shape index (κ3) is 10.9. The van der Waals surface area contributed by atoms with Crippen LogP contribution in [0.4, 0.5) is 14.5 Å². The Kier molecular flexibility index (Phi) is 14.4. The lowest BCUT2D eigenvalue weighted by Crippen LogP contribution is -2.34. The summed E-state index contributed by atoms with van der Waals surface area (Å²) in [4.78, 5) is 59.5. The molecular weight excluding hydrogens is 813 g/mol. The third-order valence-electron chi connectivity index (χ3n) is 12.9. The number of hydrogen-bond acceptors (Lipinski definition) is 10. The van der Waals surface area contributed by atoms with Crippen molar-refractivity contribution in [1.82, 2.24) is 28.9 Å². The maximum atomic E-state index is 14.1. The molecule has 16 heteroatoms. The van der Waals surface area contributed by atoms with Crippen LogP contribution in [0.25, 0.3) is 22.5 Å². The van der Waals surface area contributed by atoms with Crippen LogP contribution in [0.3, 0.4) is 0 Å². The zero-order valence-electron chi connectivity index (χ0n) is 35.9. The van der Waals surface area contributed by atoms with E-state index < -0.39 is 24.1 Å². The van der Waals surface area contributed by atoms with Crippen LogP contribution in [0, 0.1) is 11.8 Å². The molecule has 1 unspecified atom stereocenters. The Morgan fingerprint density at radius 2 is 1.68 bits per heavy atom. The second kappa shape index (κ2) is 20.4. The van der Waals surface area contributed by atoms with Gasteiger partial charge in [0.2, 0.25) is 5.89 Å². The molecule has 4 aromatic heterocycles. The molecule has 1 aromatic carbocycles. The second-order valence-electron chi connectivity index (χ2n) is 17.4. The third-order valence-corrected chi connectivity index (χ3v) is 12.9. The van der Waals surface area contributed by atoms with Crippen molar-refractivity contribution >= 4 is 34.2 Å². The largest absolute Gasteiger partial charge is 0.444 e.